The van der Waals surface area contributed by atoms with Gasteiger partial charge in [-0.1, -0.05) is 52.0 Å². The van der Waals surface area contributed by atoms with Gasteiger partial charge >= 0.3 is 0 Å². The number of aliphatic hydroxyl groups excluding tert-OH is 1. The van der Waals surface area contributed by atoms with Crippen molar-refractivity contribution in [2.45, 2.75) is 91.1 Å². The Hall–Kier alpha value is -1.41. The SMILES string of the molecule is CC(C)c1ccc(/C=C2/C[C@@H]3[C@H]4CC[C@H]5C[C@H](O)CC[C@]5(C)[C@@H]4CC[C@]3(C)C2=O)cc1. The number of ketones is 1. The van der Waals surface area contributed by atoms with Crippen LogP contribution in [0.15, 0.2) is 29.8 Å². The van der Waals surface area contributed by atoms with Crippen LogP contribution in [0.4, 0.5) is 0 Å². The number of hydrogen-bond acceptors (Lipinski definition) is 2. The lowest BCUT2D eigenvalue weighted by atomic mass is 9.45. The molecular formula is C29H40O2. The fourth-order valence-corrected chi connectivity index (χ4v) is 8.21. The molecule has 0 saturated heterocycles. The summed E-state index contributed by atoms with van der Waals surface area (Å²) < 4.78 is 0. The second-order valence-electron chi connectivity index (χ2n) is 12.1. The zero-order valence-electron chi connectivity index (χ0n) is 19.9. The molecular weight excluding hydrogens is 380 g/mol. The van der Waals surface area contributed by atoms with E-state index in [0.717, 1.165) is 37.2 Å². The molecule has 2 heteroatoms. The Morgan fingerprint density at radius 1 is 1.00 bits per heavy atom. The molecule has 0 spiro atoms. The van der Waals surface area contributed by atoms with Gasteiger partial charge in [-0.05, 0) is 109 Å². The van der Waals surface area contributed by atoms with E-state index in [-0.39, 0.29) is 11.5 Å². The fraction of sp³-hybridized carbons (Fsp3) is 0.690. The number of fused-ring (bicyclic) bond motifs is 5. The second kappa shape index (κ2) is 7.58. The summed E-state index contributed by atoms with van der Waals surface area (Å²) in [6.45, 7) is 9.24. The van der Waals surface area contributed by atoms with Crippen LogP contribution in [0.25, 0.3) is 6.08 Å². The lowest BCUT2D eigenvalue weighted by Gasteiger charge is -2.59. The molecule has 0 aliphatic heterocycles. The van der Waals surface area contributed by atoms with Crippen molar-refractivity contribution in [3.05, 3.63) is 41.0 Å². The Kier molecular flexibility index (Phi) is 5.24. The van der Waals surface area contributed by atoms with Crippen molar-refractivity contribution in [2.75, 3.05) is 0 Å². The second-order valence-corrected chi connectivity index (χ2v) is 12.1. The molecule has 1 aromatic rings. The Morgan fingerprint density at radius 3 is 2.45 bits per heavy atom. The van der Waals surface area contributed by atoms with Crippen molar-refractivity contribution in [3.63, 3.8) is 0 Å². The van der Waals surface area contributed by atoms with Gasteiger partial charge in [-0.3, -0.25) is 4.79 Å². The minimum Gasteiger partial charge on any atom is -0.393 e. The maximum absolute atomic E-state index is 13.6. The van der Waals surface area contributed by atoms with Crippen molar-refractivity contribution in [2.24, 2.45) is 34.5 Å². The van der Waals surface area contributed by atoms with E-state index in [4.69, 9.17) is 0 Å². The Balaban J connectivity index is 1.41. The first-order chi connectivity index (χ1) is 14.7. The lowest BCUT2D eigenvalue weighted by Crippen LogP contribution is -2.54. The normalized spacial score (nSPS) is 43.6. The van der Waals surface area contributed by atoms with E-state index >= 15 is 0 Å². The fourth-order valence-electron chi connectivity index (χ4n) is 8.21. The molecule has 31 heavy (non-hydrogen) atoms. The predicted octanol–water partition coefficient (Wildman–Crippen LogP) is 6.78. The van der Waals surface area contributed by atoms with Crippen molar-refractivity contribution >= 4 is 11.9 Å². The van der Waals surface area contributed by atoms with Gasteiger partial charge in [-0.2, -0.15) is 0 Å². The standard InChI is InChI=1S/C29H40O2/c1-18(2)20-7-5-19(6-8-20)15-21-16-26-24-10-9-22-17-23(30)11-13-28(22,3)25(24)12-14-29(26,4)27(21)31/h5-8,15,18,22-26,30H,9-14,16-17H2,1-4H3/b21-15-/t22-,23+,24-,25+,26+,28-,29-/m0/s1. The van der Waals surface area contributed by atoms with E-state index in [1.807, 2.05) is 0 Å². The largest absolute Gasteiger partial charge is 0.393 e. The Morgan fingerprint density at radius 2 is 1.74 bits per heavy atom. The van der Waals surface area contributed by atoms with Gasteiger partial charge in [0, 0.05) is 5.41 Å². The summed E-state index contributed by atoms with van der Waals surface area (Å²) in [7, 11) is 0. The van der Waals surface area contributed by atoms with E-state index in [1.165, 1.54) is 36.8 Å². The zero-order valence-corrected chi connectivity index (χ0v) is 19.9. The third kappa shape index (κ3) is 3.36. The van der Waals surface area contributed by atoms with Gasteiger partial charge in [-0.25, -0.2) is 0 Å². The van der Waals surface area contributed by atoms with Crippen LogP contribution in [0.2, 0.25) is 0 Å². The van der Waals surface area contributed by atoms with E-state index < -0.39 is 0 Å². The number of carbonyl (C=O) groups excluding carboxylic acids is 1. The maximum Gasteiger partial charge on any atom is 0.165 e. The number of allylic oxidation sites excluding steroid dienone is 1. The molecule has 4 saturated carbocycles. The molecule has 7 atom stereocenters. The van der Waals surface area contributed by atoms with Gasteiger partial charge in [0.05, 0.1) is 6.10 Å². The molecule has 0 aromatic heterocycles. The lowest BCUT2D eigenvalue weighted by molar-refractivity contribution is -0.141. The molecule has 4 fully saturated rings. The van der Waals surface area contributed by atoms with Crippen molar-refractivity contribution < 1.29 is 9.90 Å². The Bertz CT molecular complexity index is 881. The molecule has 2 nitrogen and oxygen atoms in total. The number of carbonyl (C=O) groups is 1. The zero-order chi connectivity index (χ0) is 22.0. The van der Waals surface area contributed by atoms with Crippen LogP contribution in [0.1, 0.15) is 96.1 Å². The minimum atomic E-state index is -0.164. The first kappa shape index (κ1) is 21.4. The number of hydrogen-bond donors (Lipinski definition) is 1. The van der Waals surface area contributed by atoms with E-state index in [1.54, 1.807) is 0 Å². The van der Waals surface area contributed by atoms with Crippen molar-refractivity contribution in [1.82, 2.24) is 0 Å². The van der Waals surface area contributed by atoms with E-state index in [2.05, 4.69) is 58.0 Å². The molecule has 0 bridgehead atoms. The summed E-state index contributed by atoms with van der Waals surface area (Å²) in [6.07, 6.45) is 10.9. The summed E-state index contributed by atoms with van der Waals surface area (Å²) >= 11 is 0. The molecule has 4 aliphatic rings. The van der Waals surface area contributed by atoms with Gasteiger partial charge in [0.1, 0.15) is 0 Å². The minimum absolute atomic E-state index is 0.0897. The number of Topliss-reactive ketones (excluding diaryl/α,β-unsaturated/α-hetero) is 1. The van der Waals surface area contributed by atoms with Crippen LogP contribution >= 0.6 is 0 Å². The summed E-state index contributed by atoms with van der Waals surface area (Å²) in [5, 5.41) is 10.3. The maximum atomic E-state index is 13.6. The van der Waals surface area contributed by atoms with Gasteiger partial charge < -0.3 is 5.11 Å². The average molecular weight is 421 g/mol. The highest BCUT2D eigenvalue weighted by atomic mass is 16.3. The third-order valence-electron chi connectivity index (χ3n) is 10.2. The smallest absolute Gasteiger partial charge is 0.165 e. The van der Waals surface area contributed by atoms with Crippen LogP contribution in [-0.2, 0) is 4.79 Å². The van der Waals surface area contributed by atoms with Crippen LogP contribution < -0.4 is 0 Å². The van der Waals surface area contributed by atoms with Gasteiger partial charge in [0.2, 0.25) is 0 Å². The summed E-state index contributed by atoms with van der Waals surface area (Å²) in [5.74, 6) is 3.54. The molecule has 0 heterocycles. The highest BCUT2D eigenvalue weighted by molar-refractivity contribution is 6.05. The number of benzene rings is 1. The molecule has 0 unspecified atom stereocenters. The van der Waals surface area contributed by atoms with Gasteiger partial charge in [-0.15, -0.1) is 0 Å². The predicted molar refractivity (Wildman–Crippen MR) is 127 cm³/mol. The van der Waals surface area contributed by atoms with Crippen LogP contribution in [0.3, 0.4) is 0 Å². The highest BCUT2D eigenvalue weighted by Crippen LogP contribution is 2.66. The molecule has 1 aromatic carbocycles. The molecule has 0 amide bonds. The van der Waals surface area contributed by atoms with Crippen molar-refractivity contribution in [3.8, 4) is 0 Å². The number of aliphatic hydroxyl groups is 1. The Labute approximate surface area is 188 Å². The van der Waals surface area contributed by atoms with Crippen molar-refractivity contribution in [1.29, 1.82) is 0 Å². The monoisotopic (exact) mass is 420 g/mol. The van der Waals surface area contributed by atoms with Gasteiger partial charge in [0.15, 0.2) is 5.78 Å². The quantitative estimate of drug-likeness (QED) is 0.536. The average Bonchev–Trinajstić information content (AvgIpc) is 2.99. The van der Waals surface area contributed by atoms with Crippen LogP contribution in [0, 0.1) is 34.5 Å². The molecule has 1 N–H and O–H groups in total. The third-order valence-corrected chi connectivity index (χ3v) is 10.2. The summed E-state index contributed by atoms with van der Waals surface area (Å²) in [6, 6.07) is 8.78. The molecule has 168 valence electrons. The molecule has 5 rings (SSSR count). The summed E-state index contributed by atoms with van der Waals surface area (Å²) in [5.41, 5.74) is 3.79. The van der Waals surface area contributed by atoms with Crippen LogP contribution in [-0.4, -0.2) is 17.0 Å². The first-order valence-electron chi connectivity index (χ1n) is 12.8. The van der Waals surface area contributed by atoms with Gasteiger partial charge in [0.25, 0.3) is 0 Å². The summed E-state index contributed by atoms with van der Waals surface area (Å²) in [4.78, 5) is 13.6. The first-order valence-corrected chi connectivity index (χ1v) is 12.8. The van der Waals surface area contributed by atoms with Crippen LogP contribution in [0.5, 0.6) is 0 Å². The van der Waals surface area contributed by atoms with E-state index in [0.29, 0.717) is 34.9 Å². The number of rotatable bonds is 2. The molecule has 4 aliphatic carbocycles. The molecule has 0 radical (unpaired) electrons. The topological polar surface area (TPSA) is 37.3 Å². The highest BCUT2D eigenvalue weighted by Gasteiger charge is 2.61. The van der Waals surface area contributed by atoms with E-state index in [9.17, 15) is 9.90 Å².